The predicted molar refractivity (Wildman–Crippen MR) is 82.4 cm³/mol. The Morgan fingerprint density at radius 2 is 2.05 bits per heavy atom. The van der Waals surface area contributed by atoms with Crippen LogP contribution in [0.3, 0.4) is 0 Å². The van der Waals surface area contributed by atoms with Crippen molar-refractivity contribution in [1.29, 1.82) is 0 Å². The van der Waals surface area contributed by atoms with Gasteiger partial charge in [0.1, 0.15) is 0 Å². The lowest BCUT2D eigenvalue weighted by Crippen LogP contribution is -2.22. The van der Waals surface area contributed by atoms with E-state index in [9.17, 15) is 0 Å². The average molecular weight is 277 g/mol. The van der Waals surface area contributed by atoms with Crippen LogP contribution in [0.25, 0.3) is 0 Å². The summed E-state index contributed by atoms with van der Waals surface area (Å²) in [5.41, 5.74) is 7.25. The first-order chi connectivity index (χ1) is 9.74. The van der Waals surface area contributed by atoms with Crippen LogP contribution in [0.4, 0.5) is 0 Å². The minimum atomic E-state index is 0.177. The molecular formula is C17H27NO2. The van der Waals surface area contributed by atoms with Gasteiger partial charge in [0.25, 0.3) is 0 Å². The number of nitrogens with two attached hydrogens (primary N) is 1. The molecule has 1 aliphatic carbocycles. The molecule has 20 heavy (non-hydrogen) atoms. The van der Waals surface area contributed by atoms with Gasteiger partial charge in [-0.1, -0.05) is 31.9 Å². The Bertz CT molecular complexity index is 413. The molecule has 0 heterocycles. The van der Waals surface area contributed by atoms with E-state index in [0.29, 0.717) is 5.92 Å². The third-order valence-electron chi connectivity index (χ3n) is 4.22. The van der Waals surface area contributed by atoms with E-state index in [4.69, 9.17) is 15.2 Å². The molecule has 0 spiro atoms. The summed E-state index contributed by atoms with van der Waals surface area (Å²) in [5, 5.41) is 0. The Balaban J connectivity index is 2.09. The summed E-state index contributed by atoms with van der Waals surface area (Å²) in [4.78, 5) is 0. The van der Waals surface area contributed by atoms with Gasteiger partial charge in [-0.2, -0.15) is 0 Å². The average Bonchev–Trinajstić information content (AvgIpc) is 2.98. The van der Waals surface area contributed by atoms with Crippen LogP contribution in [0.1, 0.15) is 44.6 Å². The molecule has 2 N–H and O–H groups in total. The Morgan fingerprint density at radius 1 is 1.30 bits per heavy atom. The first kappa shape index (κ1) is 15.2. The van der Waals surface area contributed by atoms with E-state index in [1.54, 1.807) is 7.11 Å². The molecule has 0 aromatic heterocycles. The van der Waals surface area contributed by atoms with Crippen molar-refractivity contribution in [2.45, 2.75) is 51.5 Å². The van der Waals surface area contributed by atoms with Crippen LogP contribution in [0.5, 0.6) is 11.5 Å². The van der Waals surface area contributed by atoms with Crippen LogP contribution in [0, 0.1) is 5.92 Å². The number of hydrogen-bond acceptors (Lipinski definition) is 3. The normalized spacial score (nSPS) is 17.1. The third kappa shape index (κ3) is 3.89. The molecule has 1 unspecified atom stereocenters. The summed E-state index contributed by atoms with van der Waals surface area (Å²) >= 11 is 0. The summed E-state index contributed by atoms with van der Waals surface area (Å²) in [5.74, 6) is 2.42. The molecule has 1 atom stereocenters. The summed E-state index contributed by atoms with van der Waals surface area (Å²) in [6.07, 6.45) is 7.08. The van der Waals surface area contributed by atoms with Crippen molar-refractivity contribution in [3.63, 3.8) is 0 Å². The largest absolute Gasteiger partial charge is 0.493 e. The van der Waals surface area contributed by atoms with Gasteiger partial charge >= 0.3 is 0 Å². The highest BCUT2D eigenvalue weighted by molar-refractivity contribution is 5.47. The lowest BCUT2D eigenvalue weighted by molar-refractivity contribution is 0.238. The van der Waals surface area contributed by atoms with E-state index in [1.807, 2.05) is 12.1 Å². The summed E-state index contributed by atoms with van der Waals surface area (Å²) in [7, 11) is 1.70. The number of methoxy groups -OCH3 is 1. The van der Waals surface area contributed by atoms with E-state index in [1.165, 1.54) is 25.7 Å². The van der Waals surface area contributed by atoms with Crippen LogP contribution < -0.4 is 15.2 Å². The van der Waals surface area contributed by atoms with E-state index >= 15 is 0 Å². The van der Waals surface area contributed by atoms with Gasteiger partial charge in [0, 0.05) is 6.04 Å². The van der Waals surface area contributed by atoms with Crippen LogP contribution in [0.15, 0.2) is 18.2 Å². The fourth-order valence-electron chi connectivity index (χ4n) is 2.85. The zero-order valence-electron chi connectivity index (χ0n) is 12.7. The van der Waals surface area contributed by atoms with Crippen LogP contribution in [0.2, 0.25) is 0 Å². The molecule has 3 heteroatoms. The minimum absolute atomic E-state index is 0.177. The summed E-state index contributed by atoms with van der Waals surface area (Å²) in [6, 6.07) is 6.25. The number of para-hydroxylation sites is 1. The Kier molecular flexibility index (Phi) is 5.72. The van der Waals surface area contributed by atoms with Crippen molar-refractivity contribution >= 4 is 0 Å². The molecule has 0 aliphatic heterocycles. The van der Waals surface area contributed by atoms with Crippen molar-refractivity contribution < 1.29 is 9.47 Å². The molecule has 2 rings (SSSR count). The van der Waals surface area contributed by atoms with E-state index in [0.717, 1.165) is 36.5 Å². The fraction of sp³-hybridized carbons (Fsp3) is 0.647. The fourth-order valence-corrected chi connectivity index (χ4v) is 2.85. The molecule has 112 valence electrons. The molecule has 1 aromatic rings. The van der Waals surface area contributed by atoms with Gasteiger partial charge in [-0.15, -0.1) is 0 Å². The molecule has 3 nitrogen and oxygen atoms in total. The molecular weight excluding hydrogens is 250 g/mol. The Morgan fingerprint density at radius 3 is 2.70 bits per heavy atom. The van der Waals surface area contributed by atoms with Crippen molar-refractivity contribution in [1.82, 2.24) is 0 Å². The molecule has 1 fully saturated rings. The number of hydrogen-bond donors (Lipinski definition) is 1. The van der Waals surface area contributed by atoms with Gasteiger partial charge in [0.05, 0.1) is 13.7 Å². The maximum absolute atomic E-state index is 6.11. The summed E-state index contributed by atoms with van der Waals surface area (Å²) in [6.45, 7) is 2.92. The first-order valence-corrected chi connectivity index (χ1v) is 7.78. The standard InChI is InChI=1S/C17H27NO2/c1-3-15(18)11-14-9-6-10-16(19-2)17(14)20-12-13-7-4-5-8-13/h6,9-10,13,15H,3-5,7-8,11-12,18H2,1-2H3. The summed E-state index contributed by atoms with van der Waals surface area (Å²) < 4.78 is 11.6. The number of benzene rings is 1. The lowest BCUT2D eigenvalue weighted by atomic mass is 10.0. The number of rotatable bonds is 7. The predicted octanol–water partition coefficient (Wildman–Crippen LogP) is 3.54. The minimum Gasteiger partial charge on any atom is -0.493 e. The van der Waals surface area contributed by atoms with Crippen LogP contribution >= 0.6 is 0 Å². The van der Waals surface area contributed by atoms with Gasteiger partial charge in [-0.25, -0.2) is 0 Å². The van der Waals surface area contributed by atoms with Gasteiger partial charge in [0.2, 0.25) is 0 Å². The zero-order valence-corrected chi connectivity index (χ0v) is 12.7. The zero-order chi connectivity index (χ0) is 14.4. The molecule has 0 radical (unpaired) electrons. The van der Waals surface area contributed by atoms with Gasteiger partial charge in [-0.3, -0.25) is 0 Å². The SMILES string of the molecule is CCC(N)Cc1cccc(OC)c1OCC1CCCC1. The van der Waals surface area contributed by atoms with E-state index in [-0.39, 0.29) is 6.04 Å². The number of ether oxygens (including phenoxy) is 2. The van der Waals surface area contributed by atoms with Crippen molar-refractivity contribution in [3.05, 3.63) is 23.8 Å². The highest BCUT2D eigenvalue weighted by Gasteiger charge is 2.18. The third-order valence-corrected chi connectivity index (χ3v) is 4.22. The Labute approximate surface area is 122 Å². The molecule has 0 amide bonds. The van der Waals surface area contributed by atoms with Gasteiger partial charge in [-0.05, 0) is 43.2 Å². The van der Waals surface area contributed by atoms with Crippen LogP contribution in [-0.2, 0) is 6.42 Å². The second-order valence-electron chi connectivity index (χ2n) is 5.78. The maximum Gasteiger partial charge on any atom is 0.164 e. The van der Waals surface area contributed by atoms with Crippen molar-refractivity contribution in [2.24, 2.45) is 11.7 Å². The molecule has 1 aromatic carbocycles. The highest BCUT2D eigenvalue weighted by Crippen LogP contribution is 2.34. The molecule has 0 bridgehead atoms. The molecule has 0 saturated heterocycles. The topological polar surface area (TPSA) is 44.5 Å². The Hall–Kier alpha value is -1.22. The first-order valence-electron chi connectivity index (χ1n) is 7.78. The van der Waals surface area contributed by atoms with Crippen molar-refractivity contribution in [3.8, 4) is 11.5 Å². The molecule has 1 aliphatic rings. The second kappa shape index (κ2) is 7.53. The monoisotopic (exact) mass is 277 g/mol. The lowest BCUT2D eigenvalue weighted by Gasteiger charge is -2.19. The second-order valence-corrected chi connectivity index (χ2v) is 5.78. The highest BCUT2D eigenvalue weighted by atomic mass is 16.5. The van der Waals surface area contributed by atoms with Gasteiger partial charge < -0.3 is 15.2 Å². The van der Waals surface area contributed by atoms with Gasteiger partial charge in [0.15, 0.2) is 11.5 Å². The molecule has 1 saturated carbocycles. The van der Waals surface area contributed by atoms with Crippen molar-refractivity contribution in [2.75, 3.05) is 13.7 Å². The maximum atomic E-state index is 6.11. The quantitative estimate of drug-likeness (QED) is 0.829. The van der Waals surface area contributed by atoms with E-state index in [2.05, 4.69) is 13.0 Å². The van der Waals surface area contributed by atoms with E-state index < -0.39 is 0 Å². The smallest absolute Gasteiger partial charge is 0.164 e. The van der Waals surface area contributed by atoms with Crippen LogP contribution in [-0.4, -0.2) is 19.8 Å².